The second-order valence-electron chi connectivity index (χ2n) is 5.00. The SMILES string of the molecule is C/C(=C\Cl)COc1c(Cl)cccc1CNCC(C)C. The molecule has 0 aliphatic rings. The Morgan fingerprint density at radius 2 is 2.16 bits per heavy atom. The maximum Gasteiger partial charge on any atom is 0.142 e. The summed E-state index contributed by atoms with van der Waals surface area (Å²) in [5, 5.41) is 4.02. The highest BCUT2D eigenvalue weighted by Crippen LogP contribution is 2.29. The van der Waals surface area contributed by atoms with Crippen molar-refractivity contribution in [2.45, 2.75) is 27.3 Å². The van der Waals surface area contributed by atoms with Crippen molar-refractivity contribution >= 4 is 23.2 Å². The highest BCUT2D eigenvalue weighted by molar-refractivity contribution is 6.32. The van der Waals surface area contributed by atoms with Crippen LogP contribution in [0.15, 0.2) is 29.3 Å². The van der Waals surface area contributed by atoms with E-state index in [2.05, 4.69) is 19.2 Å². The van der Waals surface area contributed by atoms with Crippen molar-refractivity contribution in [2.24, 2.45) is 5.92 Å². The fourth-order valence-electron chi connectivity index (χ4n) is 1.57. The van der Waals surface area contributed by atoms with Crippen LogP contribution in [0.4, 0.5) is 0 Å². The van der Waals surface area contributed by atoms with Crippen LogP contribution in [0.25, 0.3) is 0 Å². The van der Waals surface area contributed by atoms with E-state index in [1.807, 2.05) is 25.1 Å². The molecule has 0 radical (unpaired) electrons. The van der Waals surface area contributed by atoms with Crippen molar-refractivity contribution in [1.29, 1.82) is 0 Å². The van der Waals surface area contributed by atoms with Crippen molar-refractivity contribution in [1.82, 2.24) is 5.32 Å². The van der Waals surface area contributed by atoms with Crippen molar-refractivity contribution in [3.63, 3.8) is 0 Å². The zero-order chi connectivity index (χ0) is 14.3. The molecule has 0 aromatic heterocycles. The van der Waals surface area contributed by atoms with Gasteiger partial charge in [-0.25, -0.2) is 0 Å². The largest absolute Gasteiger partial charge is 0.487 e. The summed E-state index contributed by atoms with van der Waals surface area (Å²) in [7, 11) is 0. The number of ether oxygens (including phenoxy) is 1. The van der Waals surface area contributed by atoms with Crippen LogP contribution in [-0.2, 0) is 6.54 Å². The van der Waals surface area contributed by atoms with E-state index in [1.165, 1.54) is 5.54 Å². The second kappa shape index (κ2) is 8.47. The monoisotopic (exact) mass is 301 g/mol. The first-order valence-electron chi connectivity index (χ1n) is 6.41. The molecule has 0 aliphatic carbocycles. The Morgan fingerprint density at radius 1 is 1.42 bits per heavy atom. The van der Waals surface area contributed by atoms with E-state index < -0.39 is 0 Å². The van der Waals surface area contributed by atoms with Crippen LogP contribution < -0.4 is 10.1 Å². The molecule has 1 aromatic rings. The van der Waals surface area contributed by atoms with E-state index in [0.29, 0.717) is 17.5 Å². The molecule has 19 heavy (non-hydrogen) atoms. The number of nitrogens with one attached hydrogen (secondary N) is 1. The van der Waals surface area contributed by atoms with Crippen LogP contribution in [0.2, 0.25) is 5.02 Å². The van der Waals surface area contributed by atoms with E-state index in [9.17, 15) is 0 Å². The Labute approximate surface area is 125 Å². The van der Waals surface area contributed by atoms with E-state index in [1.54, 1.807) is 0 Å². The molecule has 0 amide bonds. The molecule has 0 aliphatic heterocycles. The van der Waals surface area contributed by atoms with Crippen LogP contribution >= 0.6 is 23.2 Å². The average Bonchev–Trinajstić information content (AvgIpc) is 2.37. The van der Waals surface area contributed by atoms with Crippen LogP contribution in [-0.4, -0.2) is 13.2 Å². The first kappa shape index (κ1) is 16.4. The Kier molecular flexibility index (Phi) is 7.29. The van der Waals surface area contributed by atoms with E-state index in [0.717, 1.165) is 30.0 Å². The Bertz CT molecular complexity index is 430. The van der Waals surface area contributed by atoms with Crippen LogP contribution in [0.1, 0.15) is 26.3 Å². The highest BCUT2D eigenvalue weighted by Gasteiger charge is 2.08. The van der Waals surface area contributed by atoms with Crippen molar-refractivity contribution in [3.05, 3.63) is 39.9 Å². The topological polar surface area (TPSA) is 21.3 Å². The highest BCUT2D eigenvalue weighted by atomic mass is 35.5. The fourth-order valence-corrected chi connectivity index (χ4v) is 1.88. The van der Waals surface area contributed by atoms with Gasteiger partial charge in [0.2, 0.25) is 0 Å². The molecule has 0 heterocycles. The summed E-state index contributed by atoms with van der Waals surface area (Å²) in [5.74, 6) is 1.35. The Balaban J connectivity index is 2.71. The van der Waals surface area contributed by atoms with Gasteiger partial charge in [0.15, 0.2) is 0 Å². The van der Waals surface area contributed by atoms with E-state index in [-0.39, 0.29) is 0 Å². The maximum atomic E-state index is 6.19. The molecule has 0 atom stereocenters. The summed E-state index contributed by atoms with van der Waals surface area (Å²) in [6.45, 7) is 8.43. The summed E-state index contributed by atoms with van der Waals surface area (Å²) in [5.41, 5.74) is 3.55. The van der Waals surface area contributed by atoms with Crippen LogP contribution in [0, 0.1) is 5.92 Å². The van der Waals surface area contributed by atoms with Gasteiger partial charge in [-0.05, 0) is 31.0 Å². The number of rotatable bonds is 7. The molecule has 106 valence electrons. The zero-order valence-corrected chi connectivity index (χ0v) is 13.2. The zero-order valence-electron chi connectivity index (χ0n) is 11.7. The number of benzene rings is 1. The lowest BCUT2D eigenvalue weighted by Crippen LogP contribution is -2.19. The lowest BCUT2D eigenvalue weighted by molar-refractivity contribution is 0.347. The van der Waals surface area contributed by atoms with Crippen LogP contribution in [0.3, 0.4) is 0 Å². The second-order valence-corrected chi connectivity index (χ2v) is 5.62. The summed E-state index contributed by atoms with van der Waals surface area (Å²) < 4.78 is 5.75. The predicted octanol–water partition coefficient (Wildman–Crippen LogP) is 4.61. The van der Waals surface area contributed by atoms with Gasteiger partial charge in [-0.1, -0.05) is 49.2 Å². The lowest BCUT2D eigenvalue weighted by Gasteiger charge is -2.14. The molecule has 0 spiro atoms. The normalized spacial score (nSPS) is 12.0. The minimum atomic E-state index is 0.449. The molecule has 0 bridgehead atoms. The van der Waals surface area contributed by atoms with Gasteiger partial charge in [0.1, 0.15) is 12.4 Å². The molecule has 1 N–H and O–H groups in total. The number of halogens is 2. The molecule has 4 heteroatoms. The lowest BCUT2D eigenvalue weighted by atomic mass is 10.1. The third kappa shape index (κ3) is 5.85. The van der Waals surface area contributed by atoms with Gasteiger partial charge in [0, 0.05) is 17.6 Å². The molecular formula is C15H21Cl2NO. The number of hydrogen-bond donors (Lipinski definition) is 1. The quantitative estimate of drug-likeness (QED) is 0.794. The van der Waals surface area contributed by atoms with Gasteiger partial charge >= 0.3 is 0 Å². The minimum Gasteiger partial charge on any atom is -0.487 e. The molecule has 0 fully saturated rings. The van der Waals surface area contributed by atoms with Gasteiger partial charge in [-0.2, -0.15) is 0 Å². The third-order valence-corrected chi connectivity index (χ3v) is 3.22. The predicted molar refractivity (Wildman–Crippen MR) is 83.1 cm³/mol. The first-order valence-corrected chi connectivity index (χ1v) is 7.22. The minimum absolute atomic E-state index is 0.449. The smallest absolute Gasteiger partial charge is 0.142 e. The summed E-state index contributed by atoms with van der Waals surface area (Å²) in [6.07, 6.45) is 0. The molecular weight excluding hydrogens is 281 g/mol. The number of hydrogen-bond acceptors (Lipinski definition) is 2. The molecule has 2 nitrogen and oxygen atoms in total. The molecule has 1 aromatic carbocycles. The van der Waals surface area contributed by atoms with Gasteiger partial charge in [0.25, 0.3) is 0 Å². The molecule has 0 saturated heterocycles. The Morgan fingerprint density at radius 3 is 2.79 bits per heavy atom. The third-order valence-electron chi connectivity index (χ3n) is 2.55. The van der Waals surface area contributed by atoms with Crippen molar-refractivity contribution in [3.8, 4) is 5.75 Å². The fraction of sp³-hybridized carbons (Fsp3) is 0.467. The number of para-hydroxylation sites is 1. The van der Waals surface area contributed by atoms with Gasteiger partial charge in [0.05, 0.1) is 5.02 Å². The van der Waals surface area contributed by atoms with Crippen LogP contribution in [0.5, 0.6) is 5.75 Å². The van der Waals surface area contributed by atoms with Crippen molar-refractivity contribution in [2.75, 3.05) is 13.2 Å². The summed E-state index contributed by atoms with van der Waals surface area (Å²) in [4.78, 5) is 0. The Hall–Kier alpha value is -0.700. The van der Waals surface area contributed by atoms with E-state index >= 15 is 0 Å². The van der Waals surface area contributed by atoms with Gasteiger partial charge < -0.3 is 10.1 Å². The molecule has 1 rings (SSSR count). The summed E-state index contributed by atoms with van der Waals surface area (Å²) >= 11 is 11.8. The standard InChI is InChI=1S/C15H21Cl2NO/c1-11(2)8-18-9-13-5-4-6-14(17)15(13)19-10-12(3)7-16/h4-7,11,18H,8-10H2,1-3H3/b12-7+. The first-order chi connectivity index (χ1) is 9.04. The maximum absolute atomic E-state index is 6.19. The van der Waals surface area contributed by atoms with Gasteiger partial charge in [-0.3, -0.25) is 0 Å². The molecule has 0 saturated carbocycles. The van der Waals surface area contributed by atoms with Gasteiger partial charge in [-0.15, -0.1) is 0 Å². The average molecular weight is 302 g/mol. The molecule has 0 unspecified atom stereocenters. The summed E-state index contributed by atoms with van der Waals surface area (Å²) in [6, 6.07) is 5.79. The van der Waals surface area contributed by atoms with Crippen molar-refractivity contribution < 1.29 is 4.74 Å². The van der Waals surface area contributed by atoms with E-state index in [4.69, 9.17) is 27.9 Å².